The van der Waals surface area contributed by atoms with Gasteiger partial charge in [0.25, 0.3) is 0 Å². The summed E-state index contributed by atoms with van der Waals surface area (Å²) in [4.78, 5) is 18.8. The van der Waals surface area contributed by atoms with Crippen LogP contribution in [0.3, 0.4) is 0 Å². The zero-order valence-corrected chi connectivity index (χ0v) is 36.2. The highest BCUT2D eigenvalue weighted by atomic mass is 28.4. The van der Waals surface area contributed by atoms with E-state index in [1.54, 1.807) is 0 Å². The van der Waals surface area contributed by atoms with Crippen LogP contribution >= 0.6 is 0 Å². The van der Waals surface area contributed by atoms with Crippen LogP contribution in [0.25, 0.3) is 45.0 Å². The van der Waals surface area contributed by atoms with E-state index < -0.39 is 8.72 Å². The molecule has 0 saturated carbocycles. The van der Waals surface area contributed by atoms with E-state index in [-0.39, 0.29) is 0 Å². The van der Waals surface area contributed by atoms with E-state index in [1.165, 1.54) is 0 Å². The van der Waals surface area contributed by atoms with Gasteiger partial charge in [-0.1, -0.05) is 97.1 Å². The molecule has 0 bridgehead atoms. The predicted molar refractivity (Wildman–Crippen MR) is 266 cm³/mol. The van der Waals surface area contributed by atoms with Crippen LogP contribution in [0, 0.1) is 0 Å². The number of nitrogens with zero attached hydrogens (tertiary/aromatic N) is 8. The van der Waals surface area contributed by atoms with Crippen LogP contribution in [0.4, 0.5) is 45.5 Å². The van der Waals surface area contributed by atoms with Gasteiger partial charge in [-0.3, -0.25) is 19.9 Å². The third kappa shape index (κ3) is 6.36. The molecular weight excluding hydrogens is 813 g/mol. The normalized spacial score (nSPS) is 13.5. The largest absolute Gasteiger partial charge is 0.521 e. The smallest absolute Gasteiger partial charge is 0.314 e. The Labute approximate surface area is 379 Å². The number of rotatable bonds is 8. The third-order valence-corrected chi connectivity index (χ3v) is 16.7. The molecule has 0 fully saturated rings. The Bertz CT molecular complexity index is 2800. The maximum atomic E-state index is 4.71. The fraction of sp³-hybridized carbons (Fsp3) is 0. The van der Waals surface area contributed by atoms with E-state index in [9.17, 15) is 0 Å². The topological polar surface area (TPSA) is 64.5 Å². The monoisotopic (exact) mass is 852 g/mol. The number of pyridine rings is 4. The summed E-state index contributed by atoms with van der Waals surface area (Å²) in [5, 5.41) is 0. The molecule has 65 heavy (non-hydrogen) atoms. The first-order valence-corrected chi connectivity index (χ1v) is 23.5. The molecule has 2 aliphatic heterocycles. The SMILES string of the molecule is c1ccc(-c2ccc(N3c4ccccc4N(c4ccc(-c5ccccn5)cc4)[Si]34N(c3ccc(-c5ccccn5)cc3)c3ccccc3N4c3ccc(-c4ccccn4)cc3)cc2)nc1. The Hall–Kier alpha value is -8.66. The van der Waals surface area contributed by atoms with Gasteiger partial charge in [0, 0.05) is 69.8 Å². The lowest BCUT2D eigenvalue weighted by atomic mass is 10.1. The fourth-order valence-electron chi connectivity index (χ4n) is 9.44. The molecule has 4 aromatic heterocycles. The summed E-state index contributed by atoms with van der Waals surface area (Å²) < 4.78 is 10.5. The number of hydrogen-bond acceptors (Lipinski definition) is 8. The summed E-state index contributed by atoms with van der Waals surface area (Å²) in [6.07, 6.45) is 7.40. The molecule has 1 spiro atoms. The summed E-state index contributed by atoms with van der Waals surface area (Å²) in [6, 6.07) is 77.6. The molecule has 0 amide bonds. The third-order valence-electron chi connectivity index (χ3n) is 12.3. The average molecular weight is 853 g/mol. The number of benzene rings is 6. The van der Waals surface area contributed by atoms with Crippen molar-refractivity contribution in [1.29, 1.82) is 0 Å². The van der Waals surface area contributed by atoms with Gasteiger partial charge in [-0.2, -0.15) is 0 Å². The second-order valence-corrected chi connectivity index (χ2v) is 19.0. The van der Waals surface area contributed by atoms with Crippen LogP contribution in [0.15, 0.2) is 243 Å². The maximum absolute atomic E-state index is 4.71. The van der Waals surface area contributed by atoms with Crippen LogP contribution in [-0.4, -0.2) is 28.7 Å². The standard InChI is InChI=1S/C56H40N8Si/c1-2-18-54-53(17-1)61(45-29-21-41(22-30-45)49-13-5-9-37-57-49)65(62(54)46-31-23-42(24-32-46)50-14-6-10-38-58-50)63(47-33-25-43(26-34-47)51-15-7-11-39-59-51)55-19-3-4-20-56(55)64(65)48-35-27-44(28-36-48)52-16-8-12-40-60-52/h1-40H. The summed E-state index contributed by atoms with van der Waals surface area (Å²) in [7, 11) is -3.68. The lowest BCUT2D eigenvalue weighted by Crippen LogP contribution is -2.76. The quantitative estimate of drug-likeness (QED) is 0.140. The van der Waals surface area contributed by atoms with Crippen LogP contribution in [0.2, 0.25) is 0 Å². The number of aromatic nitrogens is 4. The first-order valence-electron chi connectivity index (χ1n) is 21.7. The Morgan fingerprint density at radius 1 is 0.231 bits per heavy atom. The molecule has 0 unspecified atom stereocenters. The van der Waals surface area contributed by atoms with Gasteiger partial charge in [-0.25, -0.2) is 0 Å². The lowest BCUT2D eigenvalue weighted by molar-refractivity contribution is 1.18. The Balaban J connectivity index is 1.14. The van der Waals surface area contributed by atoms with Crippen molar-refractivity contribution in [3.63, 3.8) is 0 Å². The summed E-state index contributed by atoms with van der Waals surface area (Å²) in [5.41, 5.74) is 16.6. The van der Waals surface area contributed by atoms with E-state index in [1.807, 2.05) is 73.3 Å². The van der Waals surface area contributed by atoms with Gasteiger partial charge in [0.15, 0.2) is 0 Å². The highest BCUT2D eigenvalue weighted by Gasteiger charge is 2.69. The molecule has 10 aromatic rings. The summed E-state index contributed by atoms with van der Waals surface area (Å²) >= 11 is 0. The number of para-hydroxylation sites is 4. The molecule has 0 atom stereocenters. The molecule has 6 heterocycles. The Morgan fingerprint density at radius 3 is 0.646 bits per heavy atom. The minimum Gasteiger partial charge on any atom is -0.314 e. The Kier molecular flexibility index (Phi) is 9.31. The van der Waals surface area contributed by atoms with Crippen LogP contribution < -0.4 is 18.3 Å². The Morgan fingerprint density at radius 2 is 0.446 bits per heavy atom. The van der Waals surface area contributed by atoms with Gasteiger partial charge in [-0.05, 0) is 121 Å². The molecule has 0 aliphatic carbocycles. The van der Waals surface area contributed by atoms with Crippen LogP contribution in [0.5, 0.6) is 0 Å². The van der Waals surface area contributed by atoms with Gasteiger partial charge in [0.2, 0.25) is 0 Å². The van der Waals surface area contributed by atoms with Crippen LogP contribution in [0.1, 0.15) is 0 Å². The van der Waals surface area contributed by atoms with E-state index >= 15 is 0 Å². The summed E-state index contributed by atoms with van der Waals surface area (Å²) in [5.74, 6) is 0. The molecule has 12 rings (SSSR count). The van der Waals surface area contributed by atoms with E-state index in [2.05, 4.69) is 188 Å². The molecule has 9 heteroatoms. The lowest BCUT2D eigenvalue weighted by Gasteiger charge is -2.49. The van der Waals surface area contributed by atoms with Crippen molar-refractivity contribution < 1.29 is 0 Å². The minimum atomic E-state index is -3.68. The zero-order valence-electron chi connectivity index (χ0n) is 35.2. The maximum Gasteiger partial charge on any atom is 0.521 e. The summed E-state index contributed by atoms with van der Waals surface area (Å²) in [6.45, 7) is 0. The van der Waals surface area contributed by atoms with Gasteiger partial charge < -0.3 is 18.3 Å². The predicted octanol–water partition coefficient (Wildman–Crippen LogP) is 13.6. The molecule has 308 valence electrons. The molecule has 8 nitrogen and oxygen atoms in total. The van der Waals surface area contributed by atoms with Crippen molar-refractivity contribution in [1.82, 2.24) is 19.9 Å². The van der Waals surface area contributed by atoms with Gasteiger partial charge >= 0.3 is 8.72 Å². The van der Waals surface area contributed by atoms with Gasteiger partial charge in [-0.15, -0.1) is 0 Å². The van der Waals surface area contributed by atoms with Crippen molar-refractivity contribution in [2.45, 2.75) is 0 Å². The molecule has 0 N–H and O–H groups in total. The molecule has 2 aliphatic rings. The van der Waals surface area contributed by atoms with E-state index in [0.29, 0.717) is 0 Å². The minimum absolute atomic E-state index is 0.931. The first kappa shape index (κ1) is 38.0. The van der Waals surface area contributed by atoms with E-state index in [0.717, 1.165) is 90.5 Å². The van der Waals surface area contributed by atoms with Crippen molar-refractivity contribution in [3.05, 3.63) is 243 Å². The number of anilines is 8. The van der Waals surface area contributed by atoms with Gasteiger partial charge in [0.1, 0.15) is 0 Å². The number of hydrogen-bond donors (Lipinski definition) is 0. The second kappa shape index (κ2) is 15.9. The van der Waals surface area contributed by atoms with Crippen molar-refractivity contribution in [2.75, 3.05) is 18.3 Å². The second-order valence-electron chi connectivity index (χ2n) is 16.0. The highest BCUT2D eigenvalue weighted by Crippen LogP contribution is 2.62. The highest BCUT2D eigenvalue weighted by molar-refractivity contribution is 6.99. The van der Waals surface area contributed by atoms with Crippen molar-refractivity contribution >= 4 is 54.2 Å². The van der Waals surface area contributed by atoms with E-state index in [4.69, 9.17) is 19.9 Å². The molecule has 0 radical (unpaired) electrons. The molecule has 0 saturated heterocycles. The fourth-order valence-corrected chi connectivity index (χ4v) is 14.7. The van der Waals surface area contributed by atoms with Crippen molar-refractivity contribution in [3.8, 4) is 45.0 Å². The zero-order chi connectivity index (χ0) is 43.2. The average Bonchev–Trinajstić information content (AvgIpc) is 3.86. The molecular formula is C56H40N8Si. The van der Waals surface area contributed by atoms with Gasteiger partial charge in [0.05, 0.1) is 45.5 Å². The van der Waals surface area contributed by atoms with Crippen LogP contribution in [-0.2, 0) is 0 Å². The molecule has 6 aromatic carbocycles. The first-order chi connectivity index (χ1) is 32.3. The number of fused-ring (bicyclic) bond motifs is 2. The van der Waals surface area contributed by atoms with Crippen molar-refractivity contribution in [2.24, 2.45) is 0 Å².